The fourth-order valence-corrected chi connectivity index (χ4v) is 3.75. The summed E-state index contributed by atoms with van der Waals surface area (Å²) in [5, 5.41) is 2.19. The minimum atomic E-state index is 0.572. The van der Waals surface area contributed by atoms with Crippen molar-refractivity contribution < 1.29 is 0 Å². The van der Waals surface area contributed by atoms with Crippen LogP contribution in [0.4, 0.5) is 0 Å². The van der Waals surface area contributed by atoms with Crippen LogP contribution in [0.2, 0.25) is 0 Å². The first kappa shape index (κ1) is 9.57. The molecule has 1 nitrogen and oxygen atoms in total. The molecule has 0 aromatic heterocycles. The smallest absolute Gasteiger partial charge is 0.0647 e. The zero-order chi connectivity index (χ0) is 9.47. The predicted molar refractivity (Wildman–Crippen MR) is 60.5 cm³/mol. The normalized spacial score (nSPS) is 37.9. The number of hydrogen-bond donors (Lipinski definition) is 0. The van der Waals surface area contributed by atoms with E-state index in [1.807, 2.05) is 11.8 Å². The summed E-state index contributed by atoms with van der Waals surface area (Å²) in [6.45, 7) is 8.05. The Kier molecular flexibility index (Phi) is 2.43. The second kappa shape index (κ2) is 3.30. The molecule has 1 aliphatic heterocycles. The van der Waals surface area contributed by atoms with E-state index in [4.69, 9.17) is 0 Å². The van der Waals surface area contributed by atoms with Crippen molar-refractivity contribution in [1.82, 2.24) is 0 Å². The first-order valence-corrected chi connectivity index (χ1v) is 6.12. The highest BCUT2D eigenvalue weighted by Gasteiger charge is 2.36. The van der Waals surface area contributed by atoms with Crippen molar-refractivity contribution in [2.75, 3.05) is 6.54 Å². The predicted octanol–water partition coefficient (Wildman–Crippen LogP) is 3.35. The lowest BCUT2D eigenvalue weighted by atomic mass is 9.72. The van der Waals surface area contributed by atoms with Gasteiger partial charge in [-0.25, -0.2) is 0 Å². The Morgan fingerprint density at radius 1 is 1.46 bits per heavy atom. The third-order valence-corrected chi connectivity index (χ3v) is 4.71. The van der Waals surface area contributed by atoms with E-state index < -0.39 is 0 Å². The molecule has 0 saturated heterocycles. The van der Waals surface area contributed by atoms with E-state index in [0.29, 0.717) is 5.41 Å². The van der Waals surface area contributed by atoms with Crippen LogP contribution in [0.1, 0.15) is 40.0 Å². The Hall–Kier alpha value is 0.0200. The van der Waals surface area contributed by atoms with Crippen molar-refractivity contribution >= 4 is 16.8 Å². The minimum Gasteiger partial charge on any atom is -0.283 e. The Bertz CT molecular complexity index is 232. The molecule has 74 valence electrons. The molecule has 1 saturated carbocycles. The van der Waals surface area contributed by atoms with E-state index in [1.54, 1.807) is 0 Å². The lowest BCUT2D eigenvalue weighted by Gasteiger charge is -2.41. The molecule has 2 atom stereocenters. The standard InChI is InChI=1S/C11H19NS/c1-8-12-7-9-6-11(2,3)5-4-10(9)13-8/h9-10H,4-7H2,1-3H3. The van der Waals surface area contributed by atoms with Crippen LogP contribution in [0.3, 0.4) is 0 Å². The number of fused-ring (bicyclic) bond motifs is 1. The van der Waals surface area contributed by atoms with Crippen molar-refractivity contribution in [3.8, 4) is 0 Å². The lowest BCUT2D eigenvalue weighted by molar-refractivity contribution is 0.190. The number of hydrogen-bond acceptors (Lipinski definition) is 2. The van der Waals surface area contributed by atoms with Crippen LogP contribution in [0.15, 0.2) is 4.99 Å². The quantitative estimate of drug-likeness (QED) is 0.580. The molecular formula is C11H19NS. The molecule has 0 aromatic carbocycles. The fraction of sp³-hybridized carbons (Fsp3) is 0.909. The van der Waals surface area contributed by atoms with Gasteiger partial charge in [-0.05, 0) is 37.5 Å². The maximum Gasteiger partial charge on any atom is 0.0647 e. The maximum atomic E-state index is 4.56. The summed E-state index contributed by atoms with van der Waals surface area (Å²) in [4.78, 5) is 4.56. The molecule has 2 heteroatoms. The monoisotopic (exact) mass is 197 g/mol. The van der Waals surface area contributed by atoms with Crippen LogP contribution < -0.4 is 0 Å². The van der Waals surface area contributed by atoms with Crippen molar-refractivity contribution in [3.05, 3.63) is 0 Å². The Morgan fingerprint density at radius 2 is 2.23 bits per heavy atom. The Labute approximate surface area is 85.4 Å². The highest BCUT2D eigenvalue weighted by atomic mass is 32.2. The molecule has 1 heterocycles. The summed E-state index contributed by atoms with van der Waals surface area (Å²) < 4.78 is 0. The first-order valence-electron chi connectivity index (χ1n) is 5.24. The summed E-state index contributed by atoms with van der Waals surface area (Å²) in [6, 6.07) is 0. The molecule has 1 fully saturated rings. The van der Waals surface area contributed by atoms with Crippen LogP contribution in [-0.4, -0.2) is 16.8 Å². The van der Waals surface area contributed by atoms with Crippen LogP contribution in [0, 0.1) is 11.3 Å². The third-order valence-electron chi connectivity index (χ3n) is 3.32. The van der Waals surface area contributed by atoms with Gasteiger partial charge in [0.15, 0.2) is 0 Å². The third kappa shape index (κ3) is 2.09. The Morgan fingerprint density at radius 3 is 3.00 bits per heavy atom. The van der Waals surface area contributed by atoms with Crippen molar-refractivity contribution in [2.45, 2.75) is 45.3 Å². The SMILES string of the molecule is CC1=NCC2CC(C)(C)CCC2S1. The van der Waals surface area contributed by atoms with Crippen LogP contribution in [-0.2, 0) is 0 Å². The minimum absolute atomic E-state index is 0.572. The lowest BCUT2D eigenvalue weighted by Crippen LogP contribution is -2.36. The molecule has 0 N–H and O–H groups in total. The second-order valence-corrected chi connectivity index (χ2v) is 6.62. The van der Waals surface area contributed by atoms with Gasteiger partial charge in [0, 0.05) is 11.8 Å². The number of aliphatic imine (C=N–C) groups is 1. The van der Waals surface area contributed by atoms with Crippen molar-refractivity contribution in [3.63, 3.8) is 0 Å². The summed E-state index contributed by atoms with van der Waals surface area (Å²) in [5.74, 6) is 0.859. The summed E-state index contributed by atoms with van der Waals surface area (Å²) in [6.07, 6.45) is 4.17. The first-order chi connectivity index (χ1) is 6.07. The van der Waals surface area contributed by atoms with E-state index in [2.05, 4.69) is 25.8 Å². The van der Waals surface area contributed by atoms with Gasteiger partial charge in [0.2, 0.25) is 0 Å². The van der Waals surface area contributed by atoms with Gasteiger partial charge in [-0.15, -0.1) is 11.8 Å². The summed E-state index contributed by atoms with van der Waals surface area (Å²) >= 11 is 2.02. The van der Waals surface area contributed by atoms with Gasteiger partial charge in [0.25, 0.3) is 0 Å². The van der Waals surface area contributed by atoms with Crippen LogP contribution in [0.5, 0.6) is 0 Å². The van der Waals surface area contributed by atoms with E-state index in [1.165, 1.54) is 24.3 Å². The van der Waals surface area contributed by atoms with E-state index >= 15 is 0 Å². The van der Waals surface area contributed by atoms with Gasteiger partial charge in [-0.3, -0.25) is 4.99 Å². The fourth-order valence-electron chi connectivity index (χ4n) is 2.55. The van der Waals surface area contributed by atoms with E-state index in [-0.39, 0.29) is 0 Å². The van der Waals surface area contributed by atoms with Gasteiger partial charge in [-0.1, -0.05) is 13.8 Å². The molecule has 13 heavy (non-hydrogen) atoms. The van der Waals surface area contributed by atoms with Crippen molar-refractivity contribution in [1.29, 1.82) is 0 Å². The highest BCUT2D eigenvalue weighted by Crippen LogP contribution is 2.45. The van der Waals surface area contributed by atoms with Crippen molar-refractivity contribution in [2.24, 2.45) is 16.3 Å². The van der Waals surface area contributed by atoms with Gasteiger partial charge in [-0.2, -0.15) is 0 Å². The zero-order valence-electron chi connectivity index (χ0n) is 8.84. The topological polar surface area (TPSA) is 12.4 Å². The van der Waals surface area contributed by atoms with Gasteiger partial charge in [0.05, 0.1) is 5.04 Å². The van der Waals surface area contributed by atoms with Gasteiger partial charge in [0.1, 0.15) is 0 Å². The number of rotatable bonds is 0. The zero-order valence-corrected chi connectivity index (χ0v) is 9.66. The highest BCUT2D eigenvalue weighted by molar-refractivity contribution is 8.14. The van der Waals surface area contributed by atoms with E-state index in [9.17, 15) is 0 Å². The molecular weight excluding hydrogens is 178 g/mol. The average Bonchev–Trinajstić information content (AvgIpc) is 2.05. The molecule has 1 aliphatic carbocycles. The molecule has 0 bridgehead atoms. The molecule has 2 aliphatic rings. The number of thioether (sulfide) groups is 1. The summed E-state index contributed by atoms with van der Waals surface area (Å²) in [5.41, 5.74) is 0.572. The number of nitrogens with zero attached hydrogens (tertiary/aromatic N) is 1. The van der Waals surface area contributed by atoms with E-state index in [0.717, 1.165) is 17.7 Å². The second-order valence-electron chi connectivity index (χ2n) is 5.18. The summed E-state index contributed by atoms with van der Waals surface area (Å²) in [7, 11) is 0. The molecule has 2 rings (SSSR count). The largest absolute Gasteiger partial charge is 0.283 e. The maximum absolute atomic E-state index is 4.56. The van der Waals surface area contributed by atoms with Gasteiger partial charge < -0.3 is 0 Å². The average molecular weight is 197 g/mol. The molecule has 0 aromatic rings. The molecule has 0 spiro atoms. The molecule has 0 radical (unpaired) electrons. The Balaban J connectivity index is 2.06. The van der Waals surface area contributed by atoms with Crippen LogP contribution in [0.25, 0.3) is 0 Å². The van der Waals surface area contributed by atoms with Gasteiger partial charge >= 0.3 is 0 Å². The molecule has 2 unspecified atom stereocenters. The molecule has 0 amide bonds. The van der Waals surface area contributed by atoms with Crippen LogP contribution >= 0.6 is 11.8 Å².